The minimum Gasteiger partial charge on any atom is -0.488 e. The van der Waals surface area contributed by atoms with E-state index in [1.807, 2.05) is 25.1 Å². The van der Waals surface area contributed by atoms with Crippen LogP contribution in [0.3, 0.4) is 0 Å². The van der Waals surface area contributed by atoms with Crippen molar-refractivity contribution >= 4 is 11.9 Å². The highest BCUT2D eigenvalue weighted by atomic mass is 19.4. The van der Waals surface area contributed by atoms with Gasteiger partial charge in [-0.1, -0.05) is 48.5 Å². The molecule has 0 saturated heterocycles. The highest BCUT2D eigenvalue weighted by Crippen LogP contribution is 2.38. The Balaban J connectivity index is 1.45. The molecular weight excluding hydrogens is 551 g/mol. The number of hydrogen-bond donors (Lipinski definition) is 2. The van der Waals surface area contributed by atoms with Crippen LogP contribution in [-0.2, 0) is 12.8 Å². The number of nitrogens with zero attached hydrogens (tertiary/aromatic N) is 3. The summed E-state index contributed by atoms with van der Waals surface area (Å²) < 4.78 is 48.4. The lowest BCUT2D eigenvalue weighted by Gasteiger charge is -2.17. The van der Waals surface area contributed by atoms with Crippen molar-refractivity contribution in [3.05, 3.63) is 119 Å². The lowest BCUT2D eigenvalue weighted by Crippen LogP contribution is -2.18. The van der Waals surface area contributed by atoms with Crippen LogP contribution in [0.5, 0.6) is 5.75 Å². The number of aromatic carboxylic acids is 2. The SMILES string of the molecule is Cc1cc(-c2ccc(C(=O)O)cc2)ccc1COc1ccccc1-c1cccnc1-n1ncc(C(=O)O)c1C(F)(F)F. The summed E-state index contributed by atoms with van der Waals surface area (Å²) in [6, 6.07) is 22.2. The van der Waals surface area contributed by atoms with E-state index in [1.165, 1.54) is 18.3 Å². The van der Waals surface area contributed by atoms with Crippen LogP contribution in [0.2, 0.25) is 0 Å². The number of hydrogen-bond acceptors (Lipinski definition) is 5. The van der Waals surface area contributed by atoms with Gasteiger partial charge in [0.05, 0.1) is 11.8 Å². The van der Waals surface area contributed by atoms with E-state index in [-0.39, 0.29) is 23.6 Å². The first-order valence-corrected chi connectivity index (χ1v) is 12.5. The van der Waals surface area contributed by atoms with Gasteiger partial charge in [-0.2, -0.15) is 18.3 Å². The summed E-state index contributed by atoms with van der Waals surface area (Å²) in [6.45, 7) is 2.06. The highest BCUT2D eigenvalue weighted by molar-refractivity contribution is 5.89. The molecule has 2 N–H and O–H groups in total. The van der Waals surface area contributed by atoms with Gasteiger partial charge in [-0.25, -0.2) is 19.3 Å². The van der Waals surface area contributed by atoms with Gasteiger partial charge in [-0.05, 0) is 59.5 Å². The molecule has 0 radical (unpaired) electrons. The van der Waals surface area contributed by atoms with Crippen LogP contribution >= 0.6 is 0 Å². The first-order chi connectivity index (χ1) is 20.0. The maximum atomic E-state index is 13.9. The van der Waals surface area contributed by atoms with Gasteiger partial charge >= 0.3 is 18.1 Å². The number of carboxylic acids is 2. The Hall–Kier alpha value is -5.45. The van der Waals surface area contributed by atoms with E-state index < -0.39 is 29.4 Å². The minimum absolute atomic E-state index is 0.148. The van der Waals surface area contributed by atoms with Crippen molar-refractivity contribution in [3.8, 4) is 33.8 Å². The second-order valence-corrected chi connectivity index (χ2v) is 9.30. The van der Waals surface area contributed by atoms with Crippen molar-refractivity contribution in [2.75, 3.05) is 0 Å². The fourth-order valence-corrected chi connectivity index (χ4v) is 4.53. The lowest BCUT2D eigenvalue weighted by atomic mass is 9.99. The Kier molecular flexibility index (Phi) is 7.49. The summed E-state index contributed by atoms with van der Waals surface area (Å²) in [4.78, 5) is 26.7. The maximum absolute atomic E-state index is 13.9. The molecule has 2 aromatic heterocycles. The average molecular weight is 574 g/mol. The number of halogens is 3. The van der Waals surface area contributed by atoms with Crippen molar-refractivity contribution in [1.29, 1.82) is 0 Å². The van der Waals surface area contributed by atoms with E-state index in [2.05, 4.69) is 10.1 Å². The summed E-state index contributed by atoms with van der Waals surface area (Å²) in [5.74, 6) is -2.59. The molecule has 212 valence electrons. The van der Waals surface area contributed by atoms with Crippen LogP contribution in [0.15, 0.2) is 91.3 Å². The summed E-state index contributed by atoms with van der Waals surface area (Å²) in [6.07, 6.45) is -3.05. The van der Waals surface area contributed by atoms with Crippen LogP contribution in [0.25, 0.3) is 28.1 Å². The standard InChI is InChI=1S/C31H22F3N3O5/c1-18-15-21(19-8-10-20(11-9-19)29(38)39)12-13-22(18)17-42-26-7-3-2-5-23(26)24-6-4-14-35-28(24)37-27(31(32,33)34)25(16-36-37)30(40)41/h2-16H,17H2,1H3,(H,38,39)(H,40,41). The van der Waals surface area contributed by atoms with Crippen molar-refractivity contribution in [1.82, 2.24) is 14.8 Å². The predicted molar refractivity (Wildman–Crippen MR) is 147 cm³/mol. The van der Waals surface area contributed by atoms with Gasteiger partial charge < -0.3 is 14.9 Å². The quantitative estimate of drug-likeness (QED) is 0.207. The fourth-order valence-electron chi connectivity index (χ4n) is 4.53. The van der Waals surface area contributed by atoms with Crippen LogP contribution in [0.1, 0.15) is 37.5 Å². The van der Waals surface area contributed by atoms with Gasteiger partial charge in [0.1, 0.15) is 17.9 Å². The molecule has 8 nitrogen and oxygen atoms in total. The van der Waals surface area contributed by atoms with Gasteiger partial charge in [0, 0.05) is 17.3 Å². The third-order valence-corrected chi connectivity index (χ3v) is 6.62. The van der Waals surface area contributed by atoms with Gasteiger partial charge in [0.25, 0.3) is 0 Å². The summed E-state index contributed by atoms with van der Waals surface area (Å²) >= 11 is 0. The largest absolute Gasteiger partial charge is 0.488 e. The predicted octanol–water partition coefficient (Wildman–Crippen LogP) is 6.90. The molecule has 0 aliphatic heterocycles. The number of rotatable bonds is 8. The molecule has 0 unspecified atom stereocenters. The fraction of sp³-hybridized carbons (Fsp3) is 0.0968. The lowest BCUT2D eigenvalue weighted by molar-refractivity contribution is -0.143. The Morgan fingerprint density at radius 3 is 2.24 bits per heavy atom. The van der Waals surface area contributed by atoms with Crippen LogP contribution in [0.4, 0.5) is 13.2 Å². The molecule has 3 aromatic carbocycles. The van der Waals surface area contributed by atoms with Crippen molar-refractivity contribution in [2.45, 2.75) is 19.7 Å². The van der Waals surface area contributed by atoms with E-state index in [9.17, 15) is 27.9 Å². The number of aromatic nitrogens is 3. The summed E-state index contributed by atoms with van der Waals surface area (Å²) in [5, 5.41) is 22.2. The molecule has 5 rings (SSSR count). The zero-order chi connectivity index (χ0) is 30.0. The topological polar surface area (TPSA) is 115 Å². The number of benzene rings is 3. The number of para-hydroxylation sites is 1. The number of ether oxygens (including phenoxy) is 1. The molecule has 0 saturated carbocycles. The second-order valence-electron chi connectivity index (χ2n) is 9.30. The number of carboxylic acid groups (broad SMARTS) is 2. The molecule has 0 spiro atoms. The second kappa shape index (κ2) is 11.2. The van der Waals surface area contributed by atoms with Crippen LogP contribution in [-0.4, -0.2) is 36.9 Å². The maximum Gasteiger partial charge on any atom is 0.434 e. The average Bonchev–Trinajstić information content (AvgIpc) is 3.43. The Morgan fingerprint density at radius 1 is 0.881 bits per heavy atom. The monoisotopic (exact) mass is 573 g/mol. The molecule has 0 atom stereocenters. The zero-order valence-corrected chi connectivity index (χ0v) is 22.0. The van der Waals surface area contributed by atoms with E-state index >= 15 is 0 Å². The molecule has 11 heteroatoms. The zero-order valence-electron chi connectivity index (χ0n) is 22.0. The smallest absolute Gasteiger partial charge is 0.434 e. The number of carbonyl (C=O) groups is 2. The molecule has 5 aromatic rings. The molecular formula is C31H22F3N3O5. The van der Waals surface area contributed by atoms with Crippen molar-refractivity contribution in [2.24, 2.45) is 0 Å². The number of pyridine rings is 1. The first-order valence-electron chi connectivity index (χ1n) is 12.5. The van der Waals surface area contributed by atoms with Crippen molar-refractivity contribution < 1.29 is 37.7 Å². The highest BCUT2D eigenvalue weighted by Gasteiger charge is 2.41. The first kappa shape index (κ1) is 28.1. The van der Waals surface area contributed by atoms with E-state index in [4.69, 9.17) is 9.84 Å². The summed E-state index contributed by atoms with van der Waals surface area (Å²) in [5.41, 5.74) is 2.00. The van der Waals surface area contributed by atoms with E-state index in [0.717, 1.165) is 22.3 Å². The molecule has 0 bridgehead atoms. The van der Waals surface area contributed by atoms with Gasteiger partial charge in [-0.15, -0.1) is 0 Å². The molecule has 0 amide bonds. The van der Waals surface area contributed by atoms with E-state index in [1.54, 1.807) is 48.5 Å². The number of alkyl halides is 3. The molecule has 0 aliphatic carbocycles. The third kappa shape index (κ3) is 5.57. The normalized spacial score (nSPS) is 11.3. The number of aryl methyl sites for hydroxylation is 1. The van der Waals surface area contributed by atoms with Crippen LogP contribution < -0.4 is 4.74 Å². The van der Waals surface area contributed by atoms with Gasteiger partial charge in [0.2, 0.25) is 0 Å². The Bertz CT molecular complexity index is 1800. The molecule has 0 fully saturated rings. The van der Waals surface area contributed by atoms with E-state index in [0.29, 0.717) is 22.2 Å². The Morgan fingerprint density at radius 2 is 1.57 bits per heavy atom. The van der Waals surface area contributed by atoms with Gasteiger partial charge in [0.15, 0.2) is 11.5 Å². The Labute approximate surface area is 237 Å². The molecule has 2 heterocycles. The van der Waals surface area contributed by atoms with Crippen LogP contribution in [0, 0.1) is 6.92 Å². The minimum atomic E-state index is -5.00. The van der Waals surface area contributed by atoms with Crippen molar-refractivity contribution in [3.63, 3.8) is 0 Å². The molecule has 42 heavy (non-hydrogen) atoms. The van der Waals surface area contributed by atoms with Gasteiger partial charge in [-0.3, -0.25) is 0 Å². The molecule has 0 aliphatic rings. The third-order valence-electron chi connectivity index (χ3n) is 6.62. The summed E-state index contributed by atoms with van der Waals surface area (Å²) in [7, 11) is 0.